The molecule has 0 amide bonds. The van der Waals surface area contributed by atoms with Crippen LogP contribution in [0.5, 0.6) is 17.2 Å². The van der Waals surface area contributed by atoms with Gasteiger partial charge in [0.25, 0.3) is 0 Å². The van der Waals surface area contributed by atoms with Gasteiger partial charge < -0.3 is 14.2 Å². The van der Waals surface area contributed by atoms with Gasteiger partial charge in [-0.15, -0.1) is 0 Å². The number of methoxy groups -OCH3 is 3. The van der Waals surface area contributed by atoms with Crippen molar-refractivity contribution >= 4 is 21.7 Å². The summed E-state index contributed by atoms with van der Waals surface area (Å²) in [7, 11) is 4.68. The zero-order chi connectivity index (χ0) is 13.3. The van der Waals surface area contributed by atoms with E-state index in [0.29, 0.717) is 22.8 Å². The second kappa shape index (κ2) is 5.18. The van der Waals surface area contributed by atoms with Gasteiger partial charge in [0.1, 0.15) is 0 Å². The number of carbonyl (C=O) groups excluding carboxylic acids is 1. The lowest BCUT2D eigenvalue weighted by atomic mass is 9.89. The first-order valence-electron chi connectivity index (χ1n) is 5.64. The highest BCUT2D eigenvalue weighted by Crippen LogP contribution is 2.44. The van der Waals surface area contributed by atoms with E-state index in [9.17, 15) is 4.79 Å². The lowest BCUT2D eigenvalue weighted by Crippen LogP contribution is -2.23. The second-order valence-corrected chi connectivity index (χ2v) is 5.15. The minimum absolute atomic E-state index is 0.0653. The average molecular weight is 315 g/mol. The van der Waals surface area contributed by atoms with Gasteiger partial charge in [0.2, 0.25) is 5.75 Å². The molecule has 4 nitrogen and oxygen atoms in total. The molecule has 0 saturated heterocycles. The SMILES string of the molecule is COc1cc2c(c(OC)c1OC)CCC(Br)C2=O. The fourth-order valence-electron chi connectivity index (χ4n) is 2.25. The fraction of sp³-hybridized carbons (Fsp3) is 0.462. The van der Waals surface area contributed by atoms with Gasteiger partial charge >= 0.3 is 0 Å². The molecule has 0 heterocycles. The molecule has 1 atom stereocenters. The Labute approximate surface area is 114 Å². The number of Topliss-reactive ketones (excluding diaryl/α,β-unsaturated/α-hetero) is 1. The van der Waals surface area contributed by atoms with Crippen LogP contribution in [0.2, 0.25) is 0 Å². The Balaban J connectivity index is 2.67. The molecule has 1 aromatic rings. The highest BCUT2D eigenvalue weighted by molar-refractivity contribution is 9.10. The van der Waals surface area contributed by atoms with E-state index in [2.05, 4.69) is 15.9 Å². The van der Waals surface area contributed by atoms with Gasteiger partial charge in [-0.05, 0) is 18.9 Å². The van der Waals surface area contributed by atoms with E-state index in [1.165, 1.54) is 0 Å². The standard InChI is InChI=1S/C13H15BrO4/c1-16-10-6-8-7(4-5-9(14)11(8)15)12(17-2)13(10)18-3/h6,9H,4-5H2,1-3H3. The first kappa shape index (κ1) is 13.2. The van der Waals surface area contributed by atoms with Gasteiger partial charge in [-0.3, -0.25) is 4.79 Å². The maximum atomic E-state index is 12.2. The van der Waals surface area contributed by atoms with E-state index in [0.717, 1.165) is 18.4 Å². The van der Waals surface area contributed by atoms with Crippen LogP contribution in [0.1, 0.15) is 22.3 Å². The zero-order valence-electron chi connectivity index (χ0n) is 10.6. The Morgan fingerprint density at radius 1 is 1.17 bits per heavy atom. The van der Waals surface area contributed by atoms with Crippen molar-refractivity contribution in [3.8, 4) is 17.2 Å². The molecule has 5 heteroatoms. The van der Waals surface area contributed by atoms with Gasteiger partial charge in [-0.25, -0.2) is 0 Å². The third-order valence-electron chi connectivity index (χ3n) is 3.13. The summed E-state index contributed by atoms with van der Waals surface area (Å²) in [6.45, 7) is 0. The second-order valence-electron chi connectivity index (χ2n) is 4.04. The number of benzene rings is 1. The molecule has 18 heavy (non-hydrogen) atoms. The first-order chi connectivity index (χ1) is 8.63. The van der Waals surface area contributed by atoms with Crippen LogP contribution in [0, 0.1) is 0 Å². The molecule has 98 valence electrons. The van der Waals surface area contributed by atoms with Crippen LogP contribution in [0.3, 0.4) is 0 Å². The lowest BCUT2D eigenvalue weighted by Gasteiger charge is -2.24. The van der Waals surface area contributed by atoms with E-state index in [1.54, 1.807) is 27.4 Å². The normalized spacial score (nSPS) is 18.2. The molecule has 2 rings (SSSR count). The molecule has 0 N–H and O–H groups in total. The largest absolute Gasteiger partial charge is 0.493 e. The minimum atomic E-state index is -0.132. The Morgan fingerprint density at radius 2 is 1.83 bits per heavy atom. The van der Waals surface area contributed by atoms with Crippen molar-refractivity contribution in [1.82, 2.24) is 0 Å². The number of hydrogen-bond donors (Lipinski definition) is 0. The van der Waals surface area contributed by atoms with Crippen molar-refractivity contribution in [2.24, 2.45) is 0 Å². The summed E-state index contributed by atoms with van der Waals surface area (Å²) in [6, 6.07) is 1.73. The van der Waals surface area contributed by atoms with Crippen molar-refractivity contribution < 1.29 is 19.0 Å². The summed E-state index contributed by atoms with van der Waals surface area (Å²) in [4.78, 5) is 12.0. The highest BCUT2D eigenvalue weighted by atomic mass is 79.9. The van der Waals surface area contributed by atoms with Crippen LogP contribution in [-0.2, 0) is 6.42 Å². The van der Waals surface area contributed by atoms with Gasteiger partial charge in [0.05, 0.1) is 26.2 Å². The summed E-state index contributed by atoms with van der Waals surface area (Å²) < 4.78 is 16.0. The predicted octanol–water partition coefficient (Wildman–Crippen LogP) is 2.60. The molecule has 0 aromatic heterocycles. The number of fused-ring (bicyclic) bond motifs is 1. The van der Waals surface area contributed by atoms with E-state index in [4.69, 9.17) is 14.2 Å². The molecule has 0 radical (unpaired) electrons. The molecule has 0 bridgehead atoms. The quantitative estimate of drug-likeness (QED) is 0.804. The van der Waals surface area contributed by atoms with E-state index >= 15 is 0 Å². The summed E-state index contributed by atoms with van der Waals surface area (Å²) >= 11 is 3.39. The van der Waals surface area contributed by atoms with Crippen LogP contribution < -0.4 is 14.2 Å². The van der Waals surface area contributed by atoms with Gasteiger partial charge in [-0.1, -0.05) is 15.9 Å². The fourth-order valence-corrected chi connectivity index (χ4v) is 2.73. The van der Waals surface area contributed by atoms with Crippen LogP contribution in [0.25, 0.3) is 0 Å². The third kappa shape index (κ3) is 1.96. The monoisotopic (exact) mass is 314 g/mol. The summed E-state index contributed by atoms with van der Waals surface area (Å²) in [5.41, 5.74) is 1.55. The van der Waals surface area contributed by atoms with E-state index in [-0.39, 0.29) is 10.6 Å². The molecular formula is C13H15BrO4. The molecule has 1 aliphatic carbocycles. The molecule has 0 fully saturated rings. The number of ketones is 1. The Morgan fingerprint density at radius 3 is 2.39 bits per heavy atom. The first-order valence-corrected chi connectivity index (χ1v) is 6.55. The number of carbonyl (C=O) groups is 1. The third-order valence-corrected chi connectivity index (χ3v) is 4.00. The Hall–Kier alpha value is -1.23. The van der Waals surface area contributed by atoms with Crippen LogP contribution in [0.15, 0.2) is 6.07 Å². The summed E-state index contributed by atoms with van der Waals surface area (Å²) in [5.74, 6) is 1.72. The van der Waals surface area contributed by atoms with E-state index in [1.807, 2.05) is 0 Å². The molecule has 1 unspecified atom stereocenters. The predicted molar refractivity (Wildman–Crippen MR) is 71.5 cm³/mol. The van der Waals surface area contributed by atoms with Gasteiger partial charge in [0, 0.05) is 11.1 Å². The number of hydrogen-bond acceptors (Lipinski definition) is 4. The van der Waals surface area contributed by atoms with Crippen LogP contribution in [-0.4, -0.2) is 31.9 Å². The van der Waals surface area contributed by atoms with Crippen molar-refractivity contribution in [3.63, 3.8) is 0 Å². The van der Waals surface area contributed by atoms with Gasteiger partial charge in [0.15, 0.2) is 17.3 Å². The number of alkyl halides is 1. The maximum Gasteiger partial charge on any atom is 0.203 e. The van der Waals surface area contributed by atoms with Crippen LogP contribution in [0.4, 0.5) is 0 Å². The van der Waals surface area contributed by atoms with E-state index < -0.39 is 0 Å². The number of ether oxygens (including phenoxy) is 3. The Kier molecular flexibility index (Phi) is 3.80. The Bertz CT molecular complexity index is 484. The van der Waals surface area contributed by atoms with Crippen molar-refractivity contribution in [2.45, 2.75) is 17.7 Å². The smallest absolute Gasteiger partial charge is 0.203 e. The molecule has 0 spiro atoms. The average Bonchev–Trinajstić information content (AvgIpc) is 2.40. The van der Waals surface area contributed by atoms with Gasteiger partial charge in [-0.2, -0.15) is 0 Å². The van der Waals surface area contributed by atoms with Crippen molar-refractivity contribution in [3.05, 3.63) is 17.2 Å². The number of rotatable bonds is 3. The molecule has 1 aliphatic rings. The van der Waals surface area contributed by atoms with Crippen molar-refractivity contribution in [1.29, 1.82) is 0 Å². The summed E-state index contributed by atoms with van der Waals surface area (Å²) in [6.07, 6.45) is 1.54. The van der Waals surface area contributed by atoms with Crippen LogP contribution >= 0.6 is 15.9 Å². The topological polar surface area (TPSA) is 44.8 Å². The highest BCUT2D eigenvalue weighted by Gasteiger charge is 2.31. The maximum absolute atomic E-state index is 12.2. The molecule has 0 aliphatic heterocycles. The summed E-state index contributed by atoms with van der Waals surface area (Å²) in [5, 5.41) is 0. The number of halogens is 1. The molecule has 0 saturated carbocycles. The van der Waals surface area contributed by atoms with Crippen molar-refractivity contribution in [2.75, 3.05) is 21.3 Å². The lowest BCUT2D eigenvalue weighted by molar-refractivity contribution is 0.0980. The zero-order valence-corrected chi connectivity index (χ0v) is 12.2. The molecule has 1 aromatic carbocycles. The minimum Gasteiger partial charge on any atom is -0.493 e. The molecular weight excluding hydrogens is 300 g/mol.